The minimum Gasteiger partial charge on any atom is -0.447 e. The molecular weight excluding hydrogens is 247 g/mol. The van der Waals surface area contributed by atoms with E-state index in [1.807, 2.05) is 24.3 Å². The summed E-state index contributed by atoms with van der Waals surface area (Å²) in [4.78, 5) is 0. The van der Waals surface area contributed by atoms with Crippen molar-refractivity contribution in [3.05, 3.63) is 57.5 Å². The molecule has 0 bridgehead atoms. The van der Waals surface area contributed by atoms with Crippen molar-refractivity contribution in [2.75, 3.05) is 0 Å². The van der Waals surface area contributed by atoms with E-state index in [0.29, 0.717) is 22.4 Å². The third-order valence-corrected chi connectivity index (χ3v) is 2.80. The molecule has 0 aliphatic rings. The Bertz CT molecular complexity index is 492. The van der Waals surface area contributed by atoms with Gasteiger partial charge in [0.05, 0.1) is 0 Å². The number of aliphatic hydroxyl groups is 1. The van der Waals surface area contributed by atoms with E-state index in [9.17, 15) is 0 Å². The fourth-order valence-electron chi connectivity index (χ4n) is 1.53. The van der Waals surface area contributed by atoms with Gasteiger partial charge in [0.15, 0.2) is 5.22 Å². The number of rotatable bonds is 3. The predicted octanol–water partition coefficient (Wildman–Crippen LogP) is 3.67. The molecular formula is C12H10Cl2O2. The number of hydrogen-bond donors (Lipinski definition) is 1. The van der Waals surface area contributed by atoms with Crippen molar-refractivity contribution in [1.29, 1.82) is 0 Å². The Morgan fingerprint density at radius 1 is 1.19 bits per heavy atom. The summed E-state index contributed by atoms with van der Waals surface area (Å²) in [6.07, 6.45) is 0.642. The molecule has 0 amide bonds. The van der Waals surface area contributed by atoms with E-state index in [2.05, 4.69) is 0 Å². The molecule has 0 spiro atoms. The fraction of sp³-hybridized carbons (Fsp3) is 0.167. The lowest BCUT2D eigenvalue weighted by Gasteiger charge is -1.99. The van der Waals surface area contributed by atoms with E-state index < -0.39 is 0 Å². The van der Waals surface area contributed by atoms with E-state index >= 15 is 0 Å². The first kappa shape index (κ1) is 11.5. The SMILES string of the molecule is OCc1cc(Cc2cccc(Cl)c2)c(Cl)o1. The molecule has 0 fully saturated rings. The first-order valence-corrected chi connectivity index (χ1v) is 5.57. The molecule has 1 heterocycles. The van der Waals surface area contributed by atoms with Gasteiger partial charge in [-0.05, 0) is 35.4 Å². The van der Waals surface area contributed by atoms with Crippen LogP contribution in [0.1, 0.15) is 16.9 Å². The quantitative estimate of drug-likeness (QED) is 0.910. The molecule has 0 aliphatic carbocycles. The highest BCUT2D eigenvalue weighted by atomic mass is 35.5. The zero-order valence-electron chi connectivity index (χ0n) is 8.41. The van der Waals surface area contributed by atoms with Crippen LogP contribution in [0.4, 0.5) is 0 Å². The largest absolute Gasteiger partial charge is 0.447 e. The molecule has 2 aromatic rings. The highest BCUT2D eigenvalue weighted by Gasteiger charge is 2.09. The van der Waals surface area contributed by atoms with Gasteiger partial charge in [-0.15, -0.1) is 0 Å². The normalized spacial score (nSPS) is 10.7. The molecule has 0 saturated heterocycles. The Morgan fingerprint density at radius 3 is 2.62 bits per heavy atom. The number of furan rings is 1. The molecule has 0 atom stereocenters. The average Bonchev–Trinajstić information content (AvgIpc) is 2.60. The smallest absolute Gasteiger partial charge is 0.197 e. The van der Waals surface area contributed by atoms with E-state index in [1.54, 1.807) is 6.07 Å². The van der Waals surface area contributed by atoms with Gasteiger partial charge in [-0.25, -0.2) is 0 Å². The average molecular weight is 257 g/mol. The summed E-state index contributed by atoms with van der Waals surface area (Å²) in [5, 5.41) is 9.93. The second-order valence-electron chi connectivity index (χ2n) is 3.48. The van der Waals surface area contributed by atoms with Gasteiger partial charge in [0.25, 0.3) is 0 Å². The maximum absolute atomic E-state index is 8.91. The number of aliphatic hydroxyl groups excluding tert-OH is 1. The molecule has 16 heavy (non-hydrogen) atoms. The summed E-state index contributed by atoms with van der Waals surface area (Å²) in [6, 6.07) is 9.31. The monoisotopic (exact) mass is 256 g/mol. The van der Waals surface area contributed by atoms with Crippen LogP contribution < -0.4 is 0 Å². The highest BCUT2D eigenvalue weighted by Crippen LogP contribution is 2.24. The molecule has 0 aliphatic heterocycles. The van der Waals surface area contributed by atoms with Gasteiger partial charge in [0.2, 0.25) is 0 Å². The minimum atomic E-state index is -0.144. The predicted molar refractivity (Wildman–Crippen MR) is 63.9 cm³/mol. The minimum absolute atomic E-state index is 0.144. The van der Waals surface area contributed by atoms with Crippen molar-refractivity contribution in [3.8, 4) is 0 Å². The Kier molecular flexibility index (Phi) is 3.54. The molecule has 1 aromatic heterocycles. The van der Waals surface area contributed by atoms with Gasteiger partial charge in [0, 0.05) is 17.0 Å². The van der Waals surface area contributed by atoms with Crippen LogP contribution in [-0.2, 0) is 13.0 Å². The highest BCUT2D eigenvalue weighted by molar-refractivity contribution is 6.30. The van der Waals surface area contributed by atoms with Crippen molar-refractivity contribution >= 4 is 23.2 Å². The molecule has 4 heteroatoms. The second-order valence-corrected chi connectivity index (χ2v) is 4.26. The molecule has 1 N–H and O–H groups in total. The van der Waals surface area contributed by atoms with Crippen molar-refractivity contribution in [1.82, 2.24) is 0 Å². The lowest BCUT2D eigenvalue weighted by Crippen LogP contribution is -1.86. The van der Waals surface area contributed by atoms with E-state index in [4.69, 9.17) is 32.7 Å². The lowest BCUT2D eigenvalue weighted by atomic mass is 10.1. The molecule has 1 aromatic carbocycles. The maximum atomic E-state index is 8.91. The van der Waals surface area contributed by atoms with Crippen molar-refractivity contribution in [2.45, 2.75) is 13.0 Å². The molecule has 2 nitrogen and oxygen atoms in total. The molecule has 0 saturated carbocycles. The lowest BCUT2D eigenvalue weighted by molar-refractivity contribution is 0.247. The third-order valence-electron chi connectivity index (χ3n) is 2.25. The first-order valence-electron chi connectivity index (χ1n) is 4.81. The maximum Gasteiger partial charge on any atom is 0.197 e. The van der Waals surface area contributed by atoms with Gasteiger partial charge in [0.1, 0.15) is 12.4 Å². The molecule has 84 valence electrons. The van der Waals surface area contributed by atoms with E-state index in [-0.39, 0.29) is 6.61 Å². The van der Waals surface area contributed by atoms with Crippen LogP contribution in [0, 0.1) is 0 Å². The third kappa shape index (κ3) is 2.59. The van der Waals surface area contributed by atoms with Crippen LogP contribution in [-0.4, -0.2) is 5.11 Å². The van der Waals surface area contributed by atoms with Crippen LogP contribution in [0.3, 0.4) is 0 Å². The summed E-state index contributed by atoms with van der Waals surface area (Å²) in [7, 11) is 0. The van der Waals surface area contributed by atoms with Crippen LogP contribution in [0.5, 0.6) is 0 Å². The van der Waals surface area contributed by atoms with Gasteiger partial charge < -0.3 is 9.52 Å². The number of benzene rings is 1. The summed E-state index contributed by atoms with van der Waals surface area (Å²) >= 11 is 11.8. The van der Waals surface area contributed by atoms with Crippen LogP contribution >= 0.6 is 23.2 Å². The standard InChI is InChI=1S/C12H10Cl2O2/c13-10-3-1-2-8(5-10)4-9-6-11(7-15)16-12(9)14/h1-3,5-6,15H,4,7H2. The van der Waals surface area contributed by atoms with Gasteiger partial charge >= 0.3 is 0 Å². The molecule has 0 radical (unpaired) electrons. The second kappa shape index (κ2) is 4.91. The van der Waals surface area contributed by atoms with Gasteiger partial charge in [-0.1, -0.05) is 23.7 Å². The fourth-order valence-corrected chi connectivity index (χ4v) is 1.96. The van der Waals surface area contributed by atoms with Crippen LogP contribution in [0.15, 0.2) is 34.7 Å². The Labute approximate surface area is 103 Å². The summed E-state index contributed by atoms with van der Waals surface area (Å²) in [5.41, 5.74) is 1.91. The topological polar surface area (TPSA) is 33.4 Å². The van der Waals surface area contributed by atoms with Crippen molar-refractivity contribution in [3.63, 3.8) is 0 Å². The summed E-state index contributed by atoms with van der Waals surface area (Å²) in [6.45, 7) is -0.144. The summed E-state index contributed by atoms with van der Waals surface area (Å²) in [5.74, 6) is 0.474. The first-order chi connectivity index (χ1) is 7.69. The number of halogens is 2. The van der Waals surface area contributed by atoms with E-state index in [1.165, 1.54) is 0 Å². The zero-order chi connectivity index (χ0) is 11.5. The molecule has 0 unspecified atom stereocenters. The Hall–Kier alpha value is -0.960. The van der Waals surface area contributed by atoms with E-state index in [0.717, 1.165) is 11.1 Å². The molecule has 2 rings (SSSR count). The van der Waals surface area contributed by atoms with Gasteiger partial charge in [-0.3, -0.25) is 0 Å². The van der Waals surface area contributed by atoms with Gasteiger partial charge in [-0.2, -0.15) is 0 Å². The van der Waals surface area contributed by atoms with Crippen LogP contribution in [0.25, 0.3) is 0 Å². The Morgan fingerprint density at radius 2 is 2.00 bits per heavy atom. The van der Waals surface area contributed by atoms with Crippen molar-refractivity contribution < 1.29 is 9.52 Å². The number of hydrogen-bond acceptors (Lipinski definition) is 2. The zero-order valence-corrected chi connectivity index (χ0v) is 9.92. The van der Waals surface area contributed by atoms with Crippen LogP contribution in [0.2, 0.25) is 10.2 Å². The summed E-state index contributed by atoms with van der Waals surface area (Å²) < 4.78 is 5.15. The van der Waals surface area contributed by atoms with Crippen molar-refractivity contribution in [2.24, 2.45) is 0 Å². The Balaban J connectivity index is 2.23.